The lowest BCUT2D eigenvalue weighted by atomic mass is 10.0. The van der Waals surface area contributed by atoms with Crippen molar-refractivity contribution in [1.82, 2.24) is 20.5 Å². The molecule has 10 nitrogen and oxygen atoms in total. The molecule has 3 aliphatic rings. The first-order valence-electron chi connectivity index (χ1n) is 10.9. The SMILES string of the molecule is CCC(C)NC(=O)OC1CCC(c2cc(NC3=NC=CN4N=C(COC)CC34)n[nH]2)C1. The summed E-state index contributed by atoms with van der Waals surface area (Å²) in [6, 6.07) is 2.17. The Morgan fingerprint density at radius 3 is 3.10 bits per heavy atom. The van der Waals surface area contributed by atoms with Gasteiger partial charge in [-0.05, 0) is 32.6 Å². The summed E-state index contributed by atoms with van der Waals surface area (Å²) < 4.78 is 10.8. The molecule has 168 valence electrons. The van der Waals surface area contributed by atoms with Crippen LogP contribution in [-0.2, 0) is 9.47 Å². The van der Waals surface area contributed by atoms with Gasteiger partial charge < -0.3 is 20.1 Å². The lowest BCUT2D eigenvalue weighted by Crippen LogP contribution is -2.37. The maximum Gasteiger partial charge on any atom is 0.407 e. The van der Waals surface area contributed by atoms with E-state index in [4.69, 9.17) is 9.47 Å². The summed E-state index contributed by atoms with van der Waals surface area (Å²) in [5, 5.41) is 20.2. The number of methoxy groups -OCH3 is 1. The number of amides is 1. The zero-order chi connectivity index (χ0) is 21.8. The van der Waals surface area contributed by atoms with Gasteiger partial charge in [-0.1, -0.05) is 6.92 Å². The second-order valence-electron chi connectivity index (χ2n) is 8.34. The molecule has 4 unspecified atom stereocenters. The standard InChI is InChI=1S/C21H31N7O3/c1-4-13(2)23-21(29)31-16-6-5-14(9-16)17-11-19(26-25-17)24-20-18-10-15(12-30-3)27-28(18)8-7-22-20/h7-8,11,13-14,16,18H,4-6,9-10,12H2,1-3H3,(H,23,29)(H2,22,24,25,26). The fraction of sp³-hybridized carbons (Fsp3) is 0.619. The van der Waals surface area contributed by atoms with Crippen molar-refractivity contribution in [2.45, 2.75) is 70.1 Å². The molecule has 3 heterocycles. The third-order valence-corrected chi connectivity index (χ3v) is 5.99. The Labute approximate surface area is 182 Å². The number of hydrazone groups is 1. The van der Waals surface area contributed by atoms with Gasteiger partial charge in [-0.3, -0.25) is 10.1 Å². The van der Waals surface area contributed by atoms with Gasteiger partial charge in [-0.15, -0.1) is 0 Å². The molecule has 4 atom stereocenters. The molecule has 1 amide bonds. The number of hydrogen-bond donors (Lipinski definition) is 3. The highest BCUT2D eigenvalue weighted by atomic mass is 16.6. The minimum atomic E-state index is -0.327. The van der Waals surface area contributed by atoms with Gasteiger partial charge in [-0.2, -0.15) is 10.2 Å². The van der Waals surface area contributed by atoms with E-state index >= 15 is 0 Å². The highest BCUT2D eigenvalue weighted by molar-refractivity contribution is 6.04. The van der Waals surface area contributed by atoms with Crippen molar-refractivity contribution in [2.75, 3.05) is 19.0 Å². The smallest absolute Gasteiger partial charge is 0.407 e. The summed E-state index contributed by atoms with van der Waals surface area (Å²) in [6.07, 6.45) is 7.46. The molecule has 10 heteroatoms. The molecule has 4 rings (SSSR count). The summed E-state index contributed by atoms with van der Waals surface area (Å²) in [5.74, 6) is 1.82. The molecule has 1 aromatic heterocycles. The first kappa shape index (κ1) is 21.4. The number of fused-ring (bicyclic) bond motifs is 1. The lowest BCUT2D eigenvalue weighted by molar-refractivity contribution is 0.0974. The molecule has 0 saturated heterocycles. The average Bonchev–Trinajstić information content (AvgIpc) is 3.48. The minimum Gasteiger partial charge on any atom is -0.446 e. The van der Waals surface area contributed by atoms with Crippen LogP contribution in [0.2, 0.25) is 0 Å². The van der Waals surface area contributed by atoms with E-state index in [2.05, 4.69) is 30.9 Å². The molecule has 1 fully saturated rings. The average molecular weight is 430 g/mol. The summed E-state index contributed by atoms with van der Waals surface area (Å²) in [7, 11) is 1.67. The Balaban J connectivity index is 1.31. The molecule has 1 saturated carbocycles. The van der Waals surface area contributed by atoms with Crippen molar-refractivity contribution >= 4 is 23.5 Å². The molecule has 2 aliphatic heterocycles. The van der Waals surface area contributed by atoms with Gasteiger partial charge in [0.25, 0.3) is 0 Å². The Hall–Kier alpha value is -2.88. The van der Waals surface area contributed by atoms with Crippen molar-refractivity contribution in [3.05, 3.63) is 24.2 Å². The molecule has 31 heavy (non-hydrogen) atoms. The highest BCUT2D eigenvalue weighted by Gasteiger charge is 2.33. The predicted molar refractivity (Wildman–Crippen MR) is 118 cm³/mol. The first-order chi connectivity index (χ1) is 15.1. The zero-order valence-electron chi connectivity index (χ0n) is 18.3. The predicted octanol–water partition coefficient (Wildman–Crippen LogP) is 2.94. The van der Waals surface area contributed by atoms with Gasteiger partial charge in [-0.25, -0.2) is 9.79 Å². The number of hydrogen-bond acceptors (Lipinski definition) is 8. The van der Waals surface area contributed by atoms with Crippen molar-refractivity contribution < 1.29 is 14.3 Å². The fourth-order valence-corrected chi connectivity index (χ4v) is 4.15. The maximum atomic E-state index is 12.0. The summed E-state index contributed by atoms with van der Waals surface area (Å²) in [4.78, 5) is 16.5. The number of anilines is 1. The monoisotopic (exact) mass is 429 g/mol. The van der Waals surface area contributed by atoms with Crippen molar-refractivity contribution in [1.29, 1.82) is 0 Å². The van der Waals surface area contributed by atoms with Gasteiger partial charge in [0.05, 0.1) is 12.3 Å². The fourth-order valence-electron chi connectivity index (χ4n) is 4.15. The van der Waals surface area contributed by atoms with Gasteiger partial charge >= 0.3 is 6.09 Å². The van der Waals surface area contributed by atoms with Crippen LogP contribution in [0.1, 0.15) is 57.6 Å². The van der Waals surface area contributed by atoms with E-state index in [0.29, 0.717) is 6.61 Å². The van der Waals surface area contributed by atoms with Gasteiger partial charge in [0.1, 0.15) is 18.0 Å². The Morgan fingerprint density at radius 1 is 1.42 bits per heavy atom. The number of alkyl carbamates (subject to hydrolysis) is 1. The van der Waals surface area contributed by atoms with E-state index < -0.39 is 0 Å². The van der Waals surface area contributed by atoms with Crippen molar-refractivity contribution in [3.8, 4) is 0 Å². The van der Waals surface area contributed by atoms with Crippen LogP contribution in [0.15, 0.2) is 28.6 Å². The van der Waals surface area contributed by atoms with Crippen LogP contribution in [0, 0.1) is 0 Å². The van der Waals surface area contributed by atoms with E-state index in [9.17, 15) is 4.79 Å². The summed E-state index contributed by atoms with van der Waals surface area (Å²) >= 11 is 0. The lowest BCUT2D eigenvalue weighted by Gasteiger charge is -2.24. The van der Waals surface area contributed by atoms with Crippen LogP contribution in [0.3, 0.4) is 0 Å². The zero-order valence-corrected chi connectivity index (χ0v) is 18.3. The molecule has 0 aromatic carbocycles. The number of nitrogens with zero attached hydrogens (tertiary/aromatic N) is 4. The van der Waals surface area contributed by atoms with Crippen molar-refractivity contribution in [2.24, 2.45) is 10.1 Å². The third kappa shape index (κ3) is 5.07. The molecule has 0 bridgehead atoms. The topological polar surface area (TPSA) is 116 Å². The van der Waals surface area contributed by atoms with E-state index in [0.717, 1.165) is 55.2 Å². The second-order valence-corrected chi connectivity index (χ2v) is 8.34. The van der Waals surface area contributed by atoms with Crippen LogP contribution in [0.4, 0.5) is 10.6 Å². The number of amidine groups is 1. The molecule has 0 spiro atoms. The number of nitrogens with one attached hydrogen (secondary N) is 3. The number of aliphatic imine (C=N–C) groups is 1. The van der Waals surface area contributed by atoms with Crippen LogP contribution < -0.4 is 10.6 Å². The van der Waals surface area contributed by atoms with E-state index in [-0.39, 0.29) is 30.2 Å². The molecular formula is C21H31N7O3. The van der Waals surface area contributed by atoms with Gasteiger partial charge in [0.2, 0.25) is 0 Å². The van der Waals surface area contributed by atoms with E-state index in [1.807, 2.05) is 31.1 Å². The molecule has 1 aliphatic carbocycles. The Morgan fingerprint density at radius 2 is 2.29 bits per heavy atom. The highest BCUT2D eigenvalue weighted by Crippen LogP contribution is 2.36. The van der Waals surface area contributed by atoms with Crippen molar-refractivity contribution in [3.63, 3.8) is 0 Å². The number of carbonyl (C=O) groups excluding carboxylic acids is 1. The van der Waals surface area contributed by atoms with Crippen LogP contribution in [-0.4, -0.2) is 64.8 Å². The second kappa shape index (κ2) is 9.51. The van der Waals surface area contributed by atoms with E-state index in [1.54, 1.807) is 13.3 Å². The number of aromatic nitrogens is 2. The van der Waals surface area contributed by atoms with Crippen LogP contribution >= 0.6 is 0 Å². The molecule has 0 radical (unpaired) electrons. The summed E-state index contributed by atoms with van der Waals surface area (Å²) in [6.45, 7) is 4.52. The van der Waals surface area contributed by atoms with E-state index in [1.165, 1.54) is 0 Å². The first-order valence-corrected chi connectivity index (χ1v) is 10.9. The van der Waals surface area contributed by atoms with Crippen LogP contribution in [0.5, 0.6) is 0 Å². The molecule has 3 N–H and O–H groups in total. The molecule has 1 aromatic rings. The minimum absolute atomic E-state index is 0.0311. The largest absolute Gasteiger partial charge is 0.446 e. The normalized spacial score (nSPS) is 25.6. The van der Waals surface area contributed by atoms with Crippen LogP contribution in [0.25, 0.3) is 0 Å². The van der Waals surface area contributed by atoms with Gasteiger partial charge in [0, 0.05) is 49.7 Å². The number of carbonyl (C=O) groups is 1. The molecular weight excluding hydrogens is 398 g/mol. The van der Waals surface area contributed by atoms with Gasteiger partial charge in [0.15, 0.2) is 5.82 Å². The number of aromatic amines is 1. The quantitative estimate of drug-likeness (QED) is 0.614. The third-order valence-electron chi connectivity index (χ3n) is 5.99. The Bertz CT molecular complexity index is 878. The number of H-pyrrole nitrogens is 1. The number of ether oxygens (including phenoxy) is 2. The Kier molecular flexibility index (Phi) is 6.55. The number of rotatable bonds is 7. The maximum absolute atomic E-state index is 12.0. The summed E-state index contributed by atoms with van der Waals surface area (Å²) in [5.41, 5.74) is 2.04.